The lowest BCUT2D eigenvalue weighted by molar-refractivity contribution is 0.457. The van der Waals surface area contributed by atoms with E-state index in [1.807, 2.05) is 0 Å². The molecule has 1 unspecified atom stereocenters. The maximum absolute atomic E-state index is 3.71. The van der Waals surface area contributed by atoms with Crippen molar-refractivity contribution in [1.82, 2.24) is 5.32 Å². The Bertz CT molecular complexity index is 417. The first-order valence-corrected chi connectivity index (χ1v) is 7.07. The minimum atomic E-state index is 0.443. The molecular weight excluding hydrogens is 218 g/mol. The lowest BCUT2D eigenvalue weighted by Gasteiger charge is -2.17. The van der Waals surface area contributed by atoms with Gasteiger partial charge in [-0.3, -0.25) is 0 Å². The van der Waals surface area contributed by atoms with E-state index in [1.165, 1.54) is 11.1 Å². The van der Waals surface area contributed by atoms with Crippen LogP contribution in [-0.4, -0.2) is 6.54 Å². The van der Waals surface area contributed by atoms with Gasteiger partial charge < -0.3 is 5.32 Å². The van der Waals surface area contributed by atoms with Gasteiger partial charge in [-0.2, -0.15) is 0 Å². The molecule has 2 rings (SSSR count). The van der Waals surface area contributed by atoms with Gasteiger partial charge in [0.1, 0.15) is 0 Å². The Morgan fingerprint density at radius 1 is 1.11 bits per heavy atom. The highest BCUT2D eigenvalue weighted by Crippen LogP contribution is 2.68. The first kappa shape index (κ1) is 13.6. The van der Waals surface area contributed by atoms with E-state index in [0.717, 1.165) is 12.5 Å². The summed E-state index contributed by atoms with van der Waals surface area (Å²) in [4.78, 5) is 0. The van der Waals surface area contributed by atoms with Gasteiger partial charge in [0.05, 0.1) is 0 Å². The molecule has 1 aliphatic rings. The van der Waals surface area contributed by atoms with Gasteiger partial charge in [-0.15, -0.1) is 0 Å². The maximum atomic E-state index is 3.71. The van der Waals surface area contributed by atoms with E-state index in [2.05, 4.69) is 71.1 Å². The first-order chi connectivity index (χ1) is 8.28. The van der Waals surface area contributed by atoms with Crippen LogP contribution in [0.1, 0.15) is 51.8 Å². The summed E-state index contributed by atoms with van der Waals surface area (Å²) in [5, 5.41) is 3.71. The maximum Gasteiger partial charge on any atom is 0.0294 e. The van der Waals surface area contributed by atoms with Gasteiger partial charge in [0.25, 0.3) is 0 Å². The monoisotopic (exact) mass is 245 g/mol. The summed E-state index contributed by atoms with van der Waals surface area (Å²) in [5.74, 6) is 0.788. The molecule has 1 atom stereocenters. The predicted octanol–water partition coefficient (Wildman–Crippen LogP) is 4.33. The van der Waals surface area contributed by atoms with E-state index < -0.39 is 0 Å². The summed E-state index contributed by atoms with van der Waals surface area (Å²) in [7, 11) is 0. The number of rotatable bonds is 4. The molecule has 1 aromatic carbocycles. The van der Waals surface area contributed by atoms with Crippen molar-refractivity contribution in [3.8, 4) is 0 Å². The number of nitrogens with one attached hydrogen (secondary N) is 1. The van der Waals surface area contributed by atoms with Crippen molar-refractivity contribution in [2.45, 2.75) is 47.6 Å². The third-order valence-electron chi connectivity index (χ3n) is 5.60. The summed E-state index contributed by atoms with van der Waals surface area (Å²) in [6, 6.07) is 9.11. The number of hydrogen-bond donors (Lipinski definition) is 1. The van der Waals surface area contributed by atoms with E-state index in [1.54, 1.807) is 0 Å². The second-order valence-corrected chi connectivity index (χ2v) is 6.98. The lowest BCUT2D eigenvalue weighted by atomic mass is 10.0. The Morgan fingerprint density at radius 3 is 2.17 bits per heavy atom. The molecule has 1 saturated carbocycles. The average molecular weight is 245 g/mol. The minimum absolute atomic E-state index is 0.443. The Balaban J connectivity index is 1.95. The molecule has 0 bridgehead atoms. The van der Waals surface area contributed by atoms with Gasteiger partial charge in [0.15, 0.2) is 0 Å². The van der Waals surface area contributed by atoms with Gasteiger partial charge in [0, 0.05) is 6.04 Å². The summed E-state index contributed by atoms with van der Waals surface area (Å²) in [6.07, 6.45) is 0. The highest BCUT2D eigenvalue weighted by atomic mass is 14.9. The highest BCUT2D eigenvalue weighted by molar-refractivity contribution is 5.28. The van der Waals surface area contributed by atoms with Crippen molar-refractivity contribution in [1.29, 1.82) is 0 Å². The van der Waals surface area contributed by atoms with Crippen molar-refractivity contribution >= 4 is 0 Å². The molecule has 0 saturated heterocycles. The van der Waals surface area contributed by atoms with Crippen LogP contribution < -0.4 is 5.32 Å². The molecule has 1 aromatic rings. The number of hydrogen-bond acceptors (Lipinski definition) is 1. The third-order valence-corrected chi connectivity index (χ3v) is 5.60. The van der Waals surface area contributed by atoms with Gasteiger partial charge >= 0.3 is 0 Å². The van der Waals surface area contributed by atoms with Crippen molar-refractivity contribution in [3.63, 3.8) is 0 Å². The Labute approximate surface area is 112 Å². The Hall–Kier alpha value is -0.820. The van der Waals surface area contributed by atoms with Crippen LogP contribution in [0.3, 0.4) is 0 Å². The van der Waals surface area contributed by atoms with Crippen LogP contribution in [0.25, 0.3) is 0 Å². The van der Waals surface area contributed by atoms with Gasteiger partial charge in [-0.1, -0.05) is 52.0 Å². The van der Waals surface area contributed by atoms with Crippen LogP contribution in [0.5, 0.6) is 0 Å². The zero-order valence-corrected chi connectivity index (χ0v) is 12.7. The van der Waals surface area contributed by atoms with Gasteiger partial charge in [0.2, 0.25) is 0 Å². The van der Waals surface area contributed by atoms with Crippen LogP contribution in [-0.2, 0) is 0 Å². The topological polar surface area (TPSA) is 12.0 Å². The number of benzene rings is 1. The number of aryl methyl sites for hydroxylation is 1. The molecule has 100 valence electrons. The summed E-state index contributed by atoms with van der Waals surface area (Å²) in [6.45, 7) is 15.1. The molecule has 0 amide bonds. The molecule has 0 heterocycles. The zero-order chi connectivity index (χ0) is 13.6. The standard InChI is InChI=1S/C17H27N/c1-12-9-7-8-10-14(12)13(2)18-11-15-16(3,4)17(15,5)6/h7-10,13,15,18H,11H2,1-6H3. The van der Waals surface area contributed by atoms with E-state index in [0.29, 0.717) is 16.9 Å². The molecule has 0 aliphatic heterocycles. The quantitative estimate of drug-likeness (QED) is 0.832. The molecule has 1 heteroatoms. The lowest BCUT2D eigenvalue weighted by Crippen LogP contribution is -2.23. The van der Waals surface area contributed by atoms with Crippen LogP contribution >= 0.6 is 0 Å². The summed E-state index contributed by atoms with van der Waals surface area (Å²) in [5.41, 5.74) is 3.76. The highest BCUT2D eigenvalue weighted by Gasteiger charge is 2.63. The van der Waals surface area contributed by atoms with Crippen LogP contribution in [0.4, 0.5) is 0 Å². The minimum Gasteiger partial charge on any atom is -0.310 e. The van der Waals surface area contributed by atoms with E-state index in [4.69, 9.17) is 0 Å². The van der Waals surface area contributed by atoms with Crippen molar-refractivity contribution < 1.29 is 0 Å². The average Bonchev–Trinajstić information content (AvgIpc) is 2.67. The first-order valence-electron chi connectivity index (χ1n) is 7.07. The van der Waals surface area contributed by atoms with Crippen molar-refractivity contribution in [2.75, 3.05) is 6.54 Å². The predicted molar refractivity (Wildman–Crippen MR) is 78.6 cm³/mol. The second-order valence-electron chi connectivity index (χ2n) is 6.98. The van der Waals surface area contributed by atoms with Crippen LogP contribution in [0.2, 0.25) is 0 Å². The van der Waals surface area contributed by atoms with Crippen LogP contribution in [0.15, 0.2) is 24.3 Å². The molecule has 1 aliphatic carbocycles. The molecule has 1 fully saturated rings. The fourth-order valence-electron chi connectivity index (χ4n) is 3.32. The van der Waals surface area contributed by atoms with E-state index in [9.17, 15) is 0 Å². The largest absolute Gasteiger partial charge is 0.310 e. The smallest absolute Gasteiger partial charge is 0.0294 e. The Morgan fingerprint density at radius 2 is 1.67 bits per heavy atom. The van der Waals surface area contributed by atoms with E-state index in [-0.39, 0.29) is 0 Å². The van der Waals surface area contributed by atoms with Gasteiger partial charge in [-0.05, 0) is 48.3 Å². The molecule has 0 spiro atoms. The molecule has 0 radical (unpaired) electrons. The fourth-order valence-corrected chi connectivity index (χ4v) is 3.32. The molecular formula is C17H27N. The SMILES string of the molecule is Cc1ccccc1C(C)NCC1C(C)(C)C1(C)C. The second kappa shape index (κ2) is 4.38. The van der Waals surface area contributed by atoms with Gasteiger partial charge in [-0.25, -0.2) is 0 Å². The van der Waals surface area contributed by atoms with Crippen LogP contribution in [0, 0.1) is 23.7 Å². The molecule has 1 N–H and O–H groups in total. The molecule has 0 aromatic heterocycles. The molecule has 1 nitrogen and oxygen atoms in total. The fraction of sp³-hybridized carbons (Fsp3) is 0.647. The summed E-state index contributed by atoms with van der Waals surface area (Å²) < 4.78 is 0. The normalized spacial score (nSPS) is 22.8. The van der Waals surface area contributed by atoms with E-state index >= 15 is 0 Å². The Kier molecular flexibility index (Phi) is 3.31. The summed E-state index contributed by atoms with van der Waals surface area (Å²) >= 11 is 0. The van der Waals surface area contributed by atoms with Crippen molar-refractivity contribution in [2.24, 2.45) is 16.7 Å². The molecule has 18 heavy (non-hydrogen) atoms. The third kappa shape index (κ3) is 2.09. The van der Waals surface area contributed by atoms with Crippen molar-refractivity contribution in [3.05, 3.63) is 35.4 Å². The zero-order valence-electron chi connectivity index (χ0n) is 12.7.